The lowest BCUT2D eigenvalue weighted by Gasteiger charge is -2.25. The van der Waals surface area contributed by atoms with Gasteiger partial charge in [0.1, 0.15) is 5.82 Å². The topological polar surface area (TPSA) is 49.3 Å². The Balaban J connectivity index is 2.87. The third-order valence-electron chi connectivity index (χ3n) is 3.27. The van der Waals surface area contributed by atoms with Gasteiger partial charge >= 0.3 is 0 Å². The van der Waals surface area contributed by atoms with Crippen molar-refractivity contribution in [2.24, 2.45) is 5.41 Å². The molecule has 1 rings (SSSR count). The average Bonchev–Trinajstić information content (AvgIpc) is 2.36. The van der Waals surface area contributed by atoms with Crippen LogP contribution in [0.1, 0.15) is 38.8 Å². The third kappa shape index (κ3) is 3.29. The Labute approximate surface area is 107 Å². The minimum atomic E-state index is -0.704. The van der Waals surface area contributed by atoms with Gasteiger partial charge in [-0.25, -0.2) is 4.39 Å². The first-order valence-corrected chi connectivity index (χ1v) is 6.08. The van der Waals surface area contributed by atoms with Gasteiger partial charge in [-0.05, 0) is 12.5 Å². The molecule has 0 aliphatic heterocycles. The molecular weight excluding hydrogens is 233 g/mol. The molecule has 0 radical (unpaired) electrons. The van der Waals surface area contributed by atoms with Crippen LogP contribution in [-0.2, 0) is 4.79 Å². The van der Waals surface area contributed by atoms with Crippen LogP contribution in [0.2, 0.25) is 0 Å². The molecule has 0 fully saturated rings. The fourth-order valence-corrected chi connectivity index (χ4v) is 1.49. The number of rotatable bonds is 5. The lowest BCUT2D eigenvalue weighted by Crippen LogP contribution is -2.40. The highest BCUT2D eigenvalue weighted by Crippen LogP contribution is 2.23. The van der Waals surface area contributed by atoms with Crippen molar-refractivity contribution in [2.75, 3.05) is 6.61 Å². The van der Waals surface area contributed by atoms with Crippen molar-refractivity contribution in [3.8, 4) is 0 Å². The molecule has 0 spiro atoms. The second-order valence-corrected chi connectivity index (χ2v) is 4.97. The van der Waals surface area contributed by atoms with Crippen LogP contribution in [0.25, 0.3) is 0 Å². The summed E-state index contributed by atoms with van der Waals surface area (Å²) in [6.07, 6.45) is 0.675. The lowest BCUT2D eigenvalue weighted by atomic mass is 9.88. The van der Waals surface area contributed by atoms with Gasteiger partial charge in [-0.2, -0.15) is 0 Å². The highest BCUT2D eigenvalue weighted by Gasteiger charge is 2.28. The number of aliphatic hydroxyl groups excluding tert-OH is 1. The number of carbonyl (C=O) groups is 1. The summed E-state index contributed by atoms with van der Waals surface area (Å²) in [5.74, 6) is -0.613. The van der Waals surface area contributed by atoms with Gasteiger partial charge in [0.2, 0.25) is 5.91 Å². The van der Waals surface area contributed by atoms with Crippen LogP contribution < -0.4 is 5.32 Å². The molecule has 1 aromatic carbocycles. The van der Waals surface area contributed by atoms with E-state index in [1.807, 2.05) is 20.8 Å². The molecule has 1 amide bonds. The summed E-state index contributed by atoms with van der Waals surface area (Å²) in [6.45, 7) is 5.22. The van der Waals surface area contributed by atoms with Gasteiger partial charge in [0.05, 0.1) is 12.6 Å². The molecule has 1 aromatic rings. The van der Waals surface area contributed by atoms with E-state index in [-0.39, 0.29) is 12.5 Å². The fourth-order valence-electron chi connectivity index (χ4n) is 1.49. The Morgan fingerprint density at radius 3 is 2.56 bits per heavy atom. The van der Waals surface area contributed by atoms with E-state index in [2.05, 4.69) is 5.32 Å². The molecule has 0 aromatic heterocycles. The predicted molar refractivity (Wildman–Crippen MR) is 68.4 cm³/mol. The SMILES string of the molecule is CCC(C)(C)C(=O)N[C@@H](CO)c1ccccc1F. The monoisotopic (exact) mass is 253 g/mol. The Hall–Kier alpha value is -1.42. The average molecular weight is 253 g/mol. The number of amides is 1. The Morgan fingerprint density at radius 1 is 1.44 bits per heavy atom. The van der Waals surface area contributed by atoms with Crippen molar-refractivity contribution in [1.82, 2.24) is 5.32 Å². The molecule has 4 heteroatoms. The lowest BCUT2D eigenvalue weighted by molar-refractivity contribution is -0.130. The second-order valence-electron chi connectivity index (χ2n) is 4.97. The quantitative estimate of drug-likeness (QED) is 0.846. The van der Waals surface area contributed by atoms with Gasteiger partial charge in [-0.15, -0.1) is 0 Å². The largest absolute Gasteiger partial charge is 0.394 e. The van der Waals surface area contributed by atoms with E-state index in [1.165, 1.54) is 6.07 Å². The molecule has 100 valence electrons. The highest BCUT2D eigenvalue weighted by molar-refractivity contribution is 5.82. The van der Waals surface area contributed by atoms with Crippen LogP contribution in [0.4, 0.5) is 4.39 Å². The number of hydrogen-bond donors (Lipinski definition) is 2. The maximum absolute atomic E-state index is 13.6. The van der Waals surface area contributed by atoms with Crippen molar-refractivity contribution in [2.45, 2.75) is 33.2 Å². The number of benzene rings is 1. The van der Waals surface area contributed by atoms with E-state index < -0.39 is 17.3 Å². The Bertz CT molecular complexity index is 418. The van der Waals surface area contributed by atoms with Crippen LogP contribution in [-0.4, -0.2) is 17.6 Å². The third-order valence-corrected chi connectivity index (χ3v) is 3.27. The van der Waals surface area contributed by atoms with E-state index >= 15 is 0 Å². The summed E-state index contributed by atoms with van der Waals surface area (Å²) in [5, 5.41) is 12.0. The van der Waals surface area contributed by atoms with Crippen molar-refractivity contribution in [3.63, 3.8) is 0 Å². The highest BCUT2D eigenvalue weighted by atomic mass is 19.1. The van der Waals surface area contributed by atoms with Gasteiger partial charge in [-0.3, -0.25) is 4.79 Å². The van der Waals surface area contributed by atoms with Crippen LogP contribution in [0.5, 0.6) is 0 Å². The Kier molecular flexibility index (Phi) is 4.84. The number of nitrogens with one attached hydrogen (secondary N) is 1. The smallest absolute Gasteiger partial charge is 0.226 e. The first kappa shape index (κ1) is 14.6. The zero-order valence-corrected chi connectivity index (χ0v) is 11.0. The van der Waals surface area contributed by atoms with E-state index in [4.69, 9.17) is 0 Å². The van der Waals surface area contributed by atoms with Crippen LogP contribution in [0.15, 0.2) is 24.3 Å². The molecule has 0 saturated heterocycles. The molecule has 0 aliphatic carbocycles. The number of carbonyl (C=O) groups excluding carboxylic acids is 1. The number of aliphatic hydroxyl groups is 1. The Morgan fingerprint density at radius 2 is 2.06 bits per heavy atom. The normalized spacial score (nSPS) is 13.2. The standard InChI is InChI=1S/C14H20FNO2/c1-4-14(2,3)13(18)16-12(9-17)10-7-5-6-8-11(10)15/h5-8,12,17H,4,9H2,1-3H3,(H,16,18)/t12-/m0/s1. The van der Waals surface area contributed by atoms with E-state index in [0.717, 1.165) is 0 Å². The molecule has 0 unspecified atom stereocenters. The molecule has 2 N–H and O–H groups in total. The second kappa shape index (κ2) is 5.96. The molecular formula is C14H20FNO2. The fraction of sp³-hybridized carbons (Fsp3) is 0.500. The molecule has 0 saturated carbocycles. The maximum atomic E-state index is 13.6. The zero-order valence-electron chi connectivity index (χ0n) is 11.0. The summed E-state index contributed by atoms with van der Waals surface area (Å²) < 4.78 is 13.6. The van der Waals surface area contributed by atoms with Crippen molar-refractivity contribution >= 4 is 5.91 Å². The van der Waals surface area contributed by atoms with E-state index in [9.17, 15) is 14.3 Å². The van der Waals surface area contributed by atoms with Crippen LogP contribution in [0, 0.1) is 11.2 Å². The molecule has 0 aliphatic rings. The molecule has 3 nitrogen and oxygen atoms in total. The molecule has 0 bridgehead atoms. The van der Waals surface area contributed by atoms with Crippen molar-refractivity contribution < 1.29 is 14.3 Å². The van der Waals surface area contributed by atoms with Gasteiger partial charge < -0.3 is 10.4 Å². The summed E-state index contributed by atoms with van der Waals surface area (Å²) >= 11 is 0. The van der Waals surface area contributed by atoms with Gasteiger partial charge in [-0.1, -0.05) is 39.0 Å². The van der Waals surface area contributed by atoms with Gasteiger partial charge in [0, 0.05) is 11.0 Å². The molecule has 0 heterocycles. The minimum absolute atomic E-state index is 0.188. The van der Waals surface area contributed by atoms with Crippen molar-refractivity contribution in [3.05, 3.63) is 35.6 Å². The summed E-state index contributed by atoms with van der Waals surface area (Å²) in [4.78, 5) is 12.0. The minimum Gasteiger partial charge on any atom is -0.394 e. The summed E-state index contributed by atoms with van der Waals surface area (Å²) in [7, 11) is 0. The van der Waals surface area contributed by atoms with Gasteiger partial charge in [0.15, 0.2) is 0 Å². The predicted octanol–water partition coefficient (Wildman–Crippen LogP) is 2.41. The number of hydrogen-bond acceptors (Lipinski definition) is 2. The molecule has 1 atom stereocenters. The van der Waals surface area contributed by atoms with E-state index in [0.29, 0.717) is 12.0 Å². The van der Waals surface area contributed by atoms with Crippen LogP contribution in [0.3, 0.4) is 0 Å². The first-order chi connectivity index (χ1) is 8.42. The van der Waals surface area contributed by atoms with Crippen LogP contribution >= 0.6 is 0 Å². The zero-order chi connectivity index (χ0) is 13.8. The summed E-state index contributed by atoms with van der Waals surface area (Å²) in [5.41, 5.74) is -0.223. The maximum Gasteiger partial charge on any atom is 0.226 e. The summed E-state index contributed by atoms with van der Waals surface area (Å²) in [6, 6.07) is 5.43. The first-order valence-electron chi connectivity index (χ1n) is 6.08. The van der Waals surface area contributed by atoms with Gasteiger partial charge in [0.25, 0.3) is 0 Å². The van der Waals surface area contributed by atoms with E-state index in [1.54, 1.807) is 18.2 Å². The number of halogens is 1. The molecule has 18 heavy (non-hydrogen) atoms. The van der Waals surface area contributed by atoms with Crippen molar-refractivity contribution in [1.29, 1.82) is 0 Å².